The first-order chi connectivity index (χ1) is 15.8. The van der Waals surface area contributed by atoms with Gasteiger partial charge in [0.05, 0.1) is 12.7 Å². The molecule has 0 saturated heterocycles. The second kappa shape index (κ2) is 9.03. The van der Waals surface area contributed by atoms with Crippen LogP contribution in [0, 0.1) is 27.7 Å². The summed E-state index contributed by atoms with van der Waals surface area (Å²) in [6, 6.07) is 15.2. The number of aryl methyl sites for hydroxylation is 3. The topological polar surface area (TPSA) is 76.4 Å². The number of aromatic nitrogens is 1. The number of rotatable bonds is 4. The van der Waals surface area contributed by atoms with Crippen LogP contribution in [-0.2, 0) is 0 Å². The van der Waals surface area contributed by atoms with Crippen LogP contribution in [0.25, 0.3) is 22.6 Å². The van der Waals surface area contributed by atoms with Gasteiger partial charge in [-0.25, -0.2) is 4.98 Å². The van der Waals surface area contributed by atoms with Crippen LogP contribution in [0.2, 0.25) is 0 Å². The summed E-state index contributed by atoms with van der Waals surface area (Å²) in [5.74, 6) is 0.725. The summed E-state index contributed by atoms with van der Waals surface area (Å²) in [5, 5.41) is 6.04. The summed E-state index contributed by atoms with van der Waals surface area (Å²) in [6.07, 6.45) is 0. The zero-order valence-corrected chi connectivity index (χ0v) is 20.0. The number of ether oxygens (including phenoxy) is 1. The second-order valence-electron chi connectivity index (χ2n) is 7.99. The first-order valence-electron chi connectivity index (χ1n) is 10.5. The van der Waals surface area contributed by atoms with Gasteiger partial charge in [-0.3, -0.25) is 10.1 Å². The van der Waals surface area contributed by atoms with Crippen molar-refractivity contribution in [2.24, 2.45) is 0 Å². The van der Waals surface area contributed by atoms with Crippen molar-refractivity contribution in [2.75, 3.05) is 12.4 Å². The fraction of sp³-hybridized carbons (Fsp3) is 0.192. The molecule has 2 N–H and O–H groups in total. The van der Waals surface area contributed by atoms with Gasteiger partial charge in [0.1, 0.15) is 11.3 Å². The van der Waals surface area contributed by atoms with Crippen LogP contribution in [0.5, 0.6) is 5.75 Å². The van der Waals surface area contributed by atoms with E-state index in [1.165, 1.54) is 0 Å². The molecule has 4 aromatic rings. The summed E-state index contributed by atoms with van der Waals surface area (Å²) in [6.45, 7) is 7.90. The number of oxazole rings is 1. The van der Waals surface area contributed by atoms with Crippen molar-refractivity contribution >= 4 is 40.0 Å². The molecule has 0 aliphatic carbocycles. The highest BCUT2D eigenvalue weighted by Crippen LogP contribution is 2.32. The average molecular weight is 460 g/mol. The number of hydrogen-bond acceptors (Lipinski definition) is 5. The van der Waals surface area contributed by atoms with Crippen molar-refractivity contribution in [1.82, 2.24) is 10.3 Å². The average Bonchev–Trinajstić information content (AvgIpc) is 3.19. The Morgan fingerprint density at radius 3 is 2.55 bits per heavy atom. The minimum Gasteiger partial charge on any atom is -0.496 e. The second-order valence-corrected chi connectivity index (χ2v) is 8.40. The van der Waals surface area contributed by atoms with E-state index in [4.69, 9.17) is 26.4 Å². The zero-order valence-electron chi connectivity index (χ0n) is 19.2. The largest absolute Gasteiger partial charge is 0.496 e. The monoisotopic (exact) mass is 459 g/mol. The fourth-order valence-corrected chi connectivity index (χ4v) is 4.12. The molecule has 0 aliphatic rings. The lowest BCUT2D eigenvalue weighted by atomic mass is 10.1. The van der Waals surface area contributed by atoms with Crippen LogP contribution in [-0.4, -0.2) is 23.1 Å². The van der Waals surface area contributed by atoms with E-state index in [9.17, 15) is 4.79 Å². The summed E-state index contributed by atoms with van der Waals surface area (Å²) < 4.78 is 11.5. The van der Waals surface area contributed by atoms with E-state index in [2.05, 4.69) is 16.7 Å². The van der Waals surface area contributed by atoms with Crippen LogP contribution in [0.1, 0.15) is 32.6 Å². The van der Waals surface area contributed by atoms with Gasteiger partial charge in [-0.1, -0.05) is 24.3 Å². The van der Waals surface area contributed by atoms with E-state index in [-0.39, 0.29) is 11.0 Å². The first-order valence-corrected chi connectivity index (χ1v) is 10.9. The van der Waals surface area contributed by atoms with E-state index >= 15 is 0 Å². The molecular formula is C26H25N3O3S. The highest BCUT2D eigenvalue weighted by molar-refractivity contribution is 7.80. The maximum Gasteiger partial charge on any atom is 0.261 e. The number of nitrogens with one attached hydrogen (secondary N) is 2. The Balaban J connectivity index is 1.57. The van der Waals surface area contributed by atoms with Gasteiger partial charge in [-0.05, 0) is 86.4 Å². The Morgan fingerprint density at radius 1 is 1.03 bits per heavy atom. The van der Waals surface area contributed by atoms with Crippen molar-refractivity contribution < 1.29 is 13.9 Å². The molecule has 1 amide bonds. The van der Waals surface area contributed by atoms with E-state index < -0.39 is 0 Å². The van der Waals surface area contributed by atoms with Gasteiger partial charge in [0.2, 0.25) is 5.89 Å². The third-order valence-electron chi connectivity index (χ3n) is 5.52. The van der Waals surface area contributed by atoms with Crippen LogP contribution >= 0.6 is 12.2 Å². The molecule has 7 heteroatoms. The Bertz CT molecular complexity index is 1390. The maximum absolute atomic E-state index is 12.8. The fourth-order valence-electron chi connectivity index (χ4n) is 3.92. The predicted molar refractivity (Wildman–Crippen MR) is 135 cm³/mol. The van der Waals surface area contributed by atoms with Crippen molar-refractivity contribution in [2.45, 2.75) is 27.7 Å². The zero-order chi connectivity index (χ0) is 23.7. The Hall–Kier alpha value is -3.71. The minimum atomic E-state index is -0.341. The molecular weight excluding hydrogens is 434 g/mol. The molecule has 0 fully saturated rings. The van der Waals surface area contributed by atoms with Crippen molar-refractivity contribution in [1.29, 1.82) is 0 Å². The maximum atomic E-state index is 12.8. The number of carbonyl (C=O) groups is 1. The molecule has 1 aromatic heterocycles. The van der Waals surface area contributed by atoms with Gasteiger partial charge in [-0.15, -0.1) is 0 Å². The molecule has 168 valence electrons. The third-order valence-corrected chi connectivity index (χ3v) is 5.72. The standard InChI is InChI=1S/C26H25N3O3S/c1-14-12-16(3)23-21(13-14)27-25(32-23)18-9-7-11-20(17(18)4)28-26(33)29-24(30)19-10-6-8-15(2)22(19)31-5/h6-13H,1-5H3,(H2,28,29,30,33). The lowest BCUT2D eigenvalue weighted by molar-refractivity contribution is 0.0974. The molecule has 33 heavy (non-hydrogen) atoms. The van der Waals surface area contributed by atoms with E-state index in [0.717, 1.165) is 44.6 Å². The number of para-hydroxylation sites is 1. The molecule has 6 nitrogen and oxygen atoms in total. The normalized spacial score (nSPS) is 10.8. The Morgan fingerprint density at radius 2 is 1.79 bits per heavy atom. The van der Waals surface area contributed by atoms with Gasteiger partial charge in [0.25, 0.3) is 5.91 Å². The van der Waals surface area contributed by atoms with Crippen LogP contribution in [0.3, 0.4) is 0 Å². The van der Waals surface area contributed by atoms with Gasteiger partial charge >= 0.3 is 0 Å². The van der Waals surface area contributed by atoms with E-state index in [0.29, 0.717) is 17.2 Å². The molecule has 1 heterocycles. The SMILES string of the molecule is COc1c(C)cccc1C(=O)NC(=S)Nc1cccc(-c2nc3cc(C)cc(C)c3o2)c1C. The summed E-state index contributed by atoms with van der Waals surface area (Å²) in [5.41, 5.74) is 7.60. The number of anilines is 1. The number of amides is 1. The number of nitrogens with zero attached hydrogens (tertiary/aromatic N) is 1. The molecule has 3 aromatic carbocycles. The Labute approximate surface area is 198 Å². The molecule has 0 radical (unpaired) electrons. The molecule has 0 atom stereocenters. The molecule has 0 bridgehead atoms. The number of fused-ring (bicyclic) bond motifs is 1. The van der Waals surface area contributed by atoms with Gasteiger partial charge < -0.3 is 14.5 Å². The molecule has 0 unspecified atom stereocenters. The summed E-state index contributed by atoms with van der Waals surface area (Å²) >= 11 is 5.41. The lowest BCUT2D eigenvalue weighted by Gasteiger charge is -2.15. The van der Waals surface area contributed by atoms with Crippen LogP contribution < -0.4 is 15.4 Å². The third kappa shape index (κ3) is 4.45. The molecule has 4 rings (SSSR count). The lowest BCUT2D eigenvalue weighted by Crippen LogP contribution is -2.34. The van der Waals surface area contributed by atoms with Crippen LogP contribution in [0.15, 0.2) is 52.9 Å². The van der Waals surface area contributed by atoms with E-state index in [1.807, 2.05) is 58.0 Å². The highest BCUT2D eigenvalue weighted by Gasteiger charge is 2.17. The number of hydrogen-bond donors (Lipinski definition) is 2. The van der Waals surface area contributed by atoms with Gasteiger partial charge in [0, 0.05) is 11.3 Å². The van der Waals surface area contributed by atoms with Crippen LogP contribution in [0.4, 0.5) is 5.69 Å². The van der Waals surface area contributed by atoms with Gasteiger partial charge in [0.15, 0.2) is 10.7 Å². The number of thiocarbonyl (C=S) groups is 1. The van der Waals surface area contributed by atoms with Gasteiger partial charge in [-0.2, -0.15) is 0 Å². The number of benzene rings is 3. The number of carbonyl (C=O) groups excluding carboxylic acids is 1. The number of methoxy groups -OCH3 is 1. The minimum absolute atomic E-state index is 0.188. The molecule has 0 saturated carbocycles. The summed E-state index contributed by atoms with van der Waals surface area (Å²) in [4.78, 5) is 17.5. The van der Waals surface area contributed by atoms with E-state index in [1.54, 1.807) is 19.2 Å². The van der Waals surface area contributed by atoms with Crippen molar-refractivity contribution in [3.05, 3.63) is 76.3 Å². The quantitative estimate of drug-likeness (QED) is 0.372. The first kappa shape index (κ1) is 22.5. The Kier molecular flexibility index (Phi) is 6.16. The highest BCUT2D eigenvalue weighted by atomic mass is 32.1. The van der Waals surface area contributed by atoms with Crippen molar-refractivity contribution in [3.63, 3.8) is 0 Å². The molecule has 0 spiro atoms. The van der Waals surface area contributed by atoms with Crippen molar-refractivity contribution in [3.8, 4) is 17.2 Å². The smallest absolute Gasteiger partial charge is 0.261 e. The predicted octanol–water partition coefficient (Wildman–Crippen LogP) is 5.86. The summed E-state index contributed by atoms with van der Waals surface area (Å²) in [7, 11) is 1.54. The molecule has 0 aliphatic heterocycles.